The number of carbonyl (C=O) groups excluding carboxylic acids is 1. The summed E-state index contributed by atoms with van der Waals surface area (Å²) in [5.41, 5.74) is 3.00. The normalized spacial score (nSPS) is 16.6. The Bertz CT molecular complexity index is 662. The molecule has 5 nitrogen and oxygen atoms in total. The highest BCUT2D eigenvalue weighted by atomic mass is 35.5. The first-order chi connectivity index (χ1) is 12.5. The number of ether oxygens (including phenoxy) is 1. The van der Waals surface area contributed by atoms with Gasteiger partial charge in [0.2, 0.25) is 0 Å². The maximum atomic E-state index is 12.3. The number of anilines is 1. The summed E-state index contributed by atoms with van der Waals surface area (Å²) in [6.45, 7) is 17.0. The summed E-state index contributed by atoms with van der Waals surface area (Å²) in [7, 11) is 0. The Balaban J connectivity index is 2.15. The molecule has 1 aromatic rings. The summed E-state index contributed by atoms with van der Waals surface area (Å²) in [6.07, 6.45) is -0.232. The first-order valence-electron chi connectivity index (χ1n) is 9.77. The third-order valence-electron chi connectivity index (χ3n) is 4.63. The highest BCUT2D eigenvalue weighted by Crippen LogP contribution is 2.33. The zero-order chi connectivity index (χ0) is 20.4. The van der Waals surface area contributed by atoms with Crippen molar-refractivity contribution in [3.63, 3.8) is 0 Å². The van der Waals surface area contributed by atoms with E-state index in [1.807, 2.05) is 27.7 Å². The minimum absolute atomic E-state index is 0.196. The van der Waals surface area contributed by atoms with Gasteiger partial charge in [0, 0.05) is 49.0 Å². The Morgan fingerprint density at radius 3 is 2.26 bits per heavy atom. The van der Waals surface area contributed by atoms with Gasteiger partial charge in [-0.3, -0.25) is 0 Å². The third-order valence-corrected chi connectivity index (χ3v) is 5.04. The number of aryl methyl sites for hydroxylation is 1. The number of hydrogen-bond donors (Lipinski definition) is 1. The van der Waals surface area contributed by atoms with Crippen LogP contribution in [0.4, 0.5) is 10.5 Å². The maximum Gasteiger partial charge on any atom is 0.410 e. The number of nitrogens with zero attached hydrogens (tertiary/aromatic N) is 2. The van der Waals surface area contributed by atoms with Gasteiger partial charge in [-0.15, -0.1) is 0 Å². The summed E-state index contributed by atoms with van der Waals surface area (Å²) < 4.78 is 5.50. The van der Waals surface area contributed by atoms with Crippen LogP contribution in [0.3, 0.4) is 0 Å². The number of carbonyl (C=O) groups is 1. The molecule has 27 heavy (non-hydrogen) atoms. The zero-order valence-corrected chi connectivity index (χ0v) is 18.5. The lowest BCUT2D eigenvalue weighted by Crippen LogP contribution is -2.50. The fourth-order valence-electron chi connectivity index (χ4n) is 3.35. The second kappa shape index (κ2) is 8.70. The quantitative estimate of drug-likeness (QED) is 0.797. The van der Waals surface area contributed by atoms with Gasteiger partial charge >= 0.3 is 6.09 Å². The van der Waals surface area contributed by atoms with Gasteiger partial charge in [-0.2, -0.15) is 0 Å². The number of piperazine rings is 1. The molecule has 1 saturated heterocycles. The molecule has 1 aliphatic rings. The van der Waals surface area contributed by atoms with E-state index in [1.54, 1.807) is 4.90 Å². The van der Waals surface area contributed by atoms with Crippen molar-refractivity contribution in [3.05, 3.63) is 28.3 Å². The smallest absolute Gasteiger partial charge is 0.410 e. The highest BCUT2D eigenvalue weighted by molar-refractivity contribution is 6.31. The van der Waals surface area contributed by atoms with Gasteiger partial charge in [0.15, 0.2) is 0 Å². The molecule has 1 aliphatic heterocycles. The molecule has 0 radical (unpaired) electrons. The molecule has 2 rings (SSSR count). The summed E-state index contributed by atoms with van der Waals surface area (Å²) in [4.78, 5) is 16.4. The van der Waals surface area contributed by atoms with Crippen molar-refractivity contribution >= 4 is 23.4 Å². The molecule has 1 amide bonds. The molecule has 1 N–H and O–H groups in total. The van der Waals surface area contributed by atoms with E-state index in [0.29, 0.717) is 19.1 Å². The van der Waals surface area contributed by atoms with Crippen molar-refractivity contribution in [2.45, 2.75) is 66.2 Å². The first kappa shape index (κ1) is 21.8. The molecule has 1 unspecified atom stereocenters. The van der Waals surface area contributed by atoms with Crippen LogP contribution in [0.1, 0.15) is 58.7 Å². The average Bonchev–Trinajstić information content (AvgIpc) is 2.55. The Morgan fingerprint density at radius 2 is 1.74 bits per heavy atom. The number of rotatable bonds is 4. The minimum atomic E-state index is -0.466. The van der Waals surface area contributed by atoms with E-state index in [2.05, 4.69) is 43.1 Å². The Kier molecular flexibility index (Phi) is 7.03. The molecule has 0 saturated carbocycles. The molecule has 6 heteroatoms. The van der Waals surface area contributed by atoms with Gasteiger partial charge in [0.1, 0.15) is 5.60 Å². The van der Waals surface area contributed by atoms with Crippen LogP contribution in [0, 0.1) is 6.92 Å². The molecule has 0 aromatic heterocycles. The van der Waals surface area contributed by atoms with Crippen molar-refractivity contribution < 1.29 is 9.53 Å². The fourth-order valence-corrected chi connectivity index (χ4v) is 3.52. The van der Waals surface area contributed by atoms with Gasteiger partial charge in [-0.05, 0) is 57.9 Å². The lowest BCUT2D eigenvalue weighted by Gasteiger charge is -2.38. The van der Waals surface area contributed by atoms with Crippen LogP contribution < -0.4 is 10.2 Å². The molecule has 0 bridgehead atoms. The molecule has 152 valence electrons. The number of benzene rings is 1. The van der Waals surface area contributed by atoms with Crippen LogP contribution in [0.2, 0.25) is 5.02 Å². The van der Waals surface area contributed by atoms with E-state index in [9.17, 15) is 4.79 Å². The Hall–Kier alpha value is -1.46. The van der Waals surface area contributed by atoms with Crippen LogP contribution in [0.15, 0.2) is 12.1 Å². The minimum Gasteiger partial charge on any atom is -0.444 e. The largest absolute Gasteiger partial charge is 0.444 e. The lowest BCUT2D eigenvalue weighted by molar-refractivity contribution is 0.0240. The van der Waals surface area contributed by atoms with Gasteiger partial charge < -0.3 is 19.9 Å². The summed E-state index contributed by atoms with van der Waals surface area (Å²) in [6, 6.07) is 4.82. The van der Waals surface area contributed by atoms with Crippen molar-refractivity contribution in [2.24, 2.45) is 0 Å². The van der Waals surface area contributed by atoms with Crippen LogP contribution in [0.25, 0.3) is 0 Å². The average molecular weight is 396 g/mol. The number of halogens is 1. The van der Waals surface area contributed by atoms with Gasteiger partial charge in [0.05, 0.1) is 0 Å². The Morgan fingerprint density at radius 1 is 1.15 bits per heavy atom. The van der Waals surface area contributed by atoms with E-state index >= 15 is 0 Å². The highest BCUT2D eigenvalue weighted by Gasteiger charge is 2.27. The standard InChI is InChI=1S/C21H34ClN3O2/c1-14(2)23-16(4)17-13-18(22)15(3)12-19(17)24-8-10-25(11-9-24)20(26)27-21(5,6)7/h12-14,16,23H,8-11H2,1-7H3. The monoisotopic (exact) mass is 395 g/mol. The summed E-state index contributed by atoms with van der Waals surface area (Å²) in [5.74, 6) is 0. The van der Waals surface area contributed by atoms with Crippen LogP contribution in [0.5, 0.6) is 0 Å². The molecule has 1 atom stereocenters. The maximum absolute atomic E-state index is 12.3. The second-order valence-electron chi connectivity index (χ2n) is 8.66. The SMILES string of the molecule is Cc1cc(N2CCN(C(=O)OC(C)(C)C)CC2)c(C(C)NC(C)C)cc1Cl. The predicted molar refractivity (Wildman–Crippen MR) is 113 cm³/mol. The van der Waals surface area contributed by atoms with E-state index in [1.165, 1.54) is 11.3 Å². The number of nitrogens with one attached hydrogen (secondary N) is 1. The number of hydrogen-bond acceptors (Lipinski definition) is 4. The van der Waals surface area contributed by atoms with Gasteiger partial charge in [-0.25, -0.2) is 4.79 Å². The summed E-state index contributed by atoms with van der Waals surface area (Å²) in [5, 5.41) is 4.36. The molecular formula is C21H34ClN3O2. The van der Waals surface area contributed by atoms with Crippen LogP contribution in [-0.4, -0.2) is 48.8 Å². The molecule has 1 heterocycles. The van der Waals surface area contributed by atoms with E-state index < -0.39 is 5.60 Å². The fraction of sp³-hybridized carbons (Fsp3) is 0.667. The van der Waals surface area contributed by atoms with Crippen molar-refractivity contribution in [1.82, 2.24) is 10.2 Å². The molecule has 1 aromatic carbocycles. The Labute approximate surface area is 169 Å². The lowest BCUT2D eigenvalue weighted by atomic mass is 10.0. The predicted octanol–water partition coefficient (Wildman–Crippen LogP) is 4.76. The molecular weight excluding hydrogens is 362 g/mol. The van der Waals surface area contributed by atoms with Crippen molar-refractivity contribution in [1.29, 1.82) is 0 Å². The van der Waals surface area contributed by atoms with Crippen LogP contribution in [-0.2, 0) is 4.74 Å². The van der Waals surface area contributed by atoms with E-state index in [0.717, 1.165) is 23.7 Å². The third kappa shape index (κ3) is 6.01. The zero-order valence-electron chi connectivity index (χ0n) is 17.7. The van der Waals surface area contributed by atoms with E-state index in [4.69, 9.17) is 16.3 Å². The van der Waals surface area contributed by atoms with Crippen molar-refractivity contribution in [3.8, 4) is 0 Å². The van der Waals surface area contributed by atoms with E-state index in [-0.39, 0.29) is 12.1 Å². The summed E-state index contributed by atoms with van der Waals surface area (Å²) >= 11 is 6.42. The second-order valence-corrected chi connectivity index (χ2v) is 9.06. The van der Waals surface area contributed by atoms with Crippen molar-refractivity contribution in [2.75, 3.05) is 31.1 Å². The molecule has 0 aliphatic carbocycles. The van der Waals surface area contributed by atoms with Gasteiger partial charge in [-0.1, -0.05) is 25.4 Å². The molecule has 1 fully saturated rings. The topological polar surface area (TPSA) is 44.8 Å². The number of amides is 1. The van der Waals surface area contributed by atoms with Gasteiger partial charge in [0.25, 0.3) is 0 Å². The first-order valence-corrected chi connectivity index (χ1v) is 10.1. The van der Waals surface area contributed by atoms with Crippen LogP contribution >= 0.6 is 11.6 Å². The molecule has 0 spiro atoms.